The van der Waals surface area contributed by atoms with Gasteiger partial charge in [-0.3, -0.25) is 14.4 Å². The van der Waals surface area contributed by atoms with Crippen molar-refractivity contribution in [2.75, 3.05) is 25.4 Å². The minimum atomic E-state index is -0.399. The molecule has 11 heteroatoms. The second-order valence-corrected chi connectivity index (χ2v) is 8.47. The number of amides is 3. The van der Waals surface area contributed by atoms with E-state index in [-0.39, 0.29) is 42.7 Å². The Morgan fingerprint density at radius 1 is 1.37 bits per heavy atom. The number of thioether (sulfide) groups is 1. The van der Waals surface area contributed by atoms with Crippen molar-refractivity contribution in [3.63, 3.8) is 0 Å². The molecular formula is C19H32N6O4S. The van der Waals surface area contributed by atoms with E-state index in [0.29, 0.717) is 30.5 Å². The summed E-state index contributed by atoms with van der Waals surface area (Å²) in [4.78, 5) is 37.3. The monoisotopic (exact) mass is 440 g/mol. The van der Waals surface area contributed by atoms with Crippen LogP contribution in [0.25, 0.3) is 0 Å². The lowest BCUT2D eigenvalue weighted by Crippen LogP contribution is -2.43. The number of hydrogen-bond acceptors (Lipinski definition) is 7. The van der Waals surface area contributed by atoms with E-state index >= 15 is 0 Å². The van der Waals surface area contributed by atoms with Crippen molar-refractivity contribution in [3.8, 4) is 0 Å². The Morgan fingerprint density at radius 2 is 2.13 bits per heavy atom. The van der Waals surface area contributed by atoms with E-state index < -0.39 is 5.91 Å². The van der Waals surface area contributed by atoms with Gasteiger partial charge in [0.15, 0.2) is 5.16 Å². The molecule has 3 N–H and O–H groups in total. The molecule has 1 aliphatic rings. The molecule has 0 radical (unpaired) electrons. The minimum absolute atomic E-state index is 0.0239. The molecule has 3 amide bonds. The van der Waals surface area contributed by atoms with Crippen LogP contribution in [0.1, 0.15) is 45.9 Å². The number of nitrogens with two attached hydrogens (primary N) is 1. The molecule has 0 saturated carbocycles. The van der Waals surface area contributed by atoms with Gasteiger partial charge in [-0.2, -0.15) is 0 Å². The molecule has 1 aromatic rings. The Bertz CT molecular complexity index is 733. The standard InChI is InChI=1S/C19H32N6O4S/c1-4-24(11-17(27)21-13(2)3)18(28)12-30-19-23-22-16(8-7-15(20)26)25(19)10-14-6-5-9-29-14/h13-14H,4-12H2,1-3H3,(H2,20,26)(H,21,27). The van der Waals surface area contributed by atoms with Crippen molar-refractivity contribution in [1.29, 1.82) is 0 Å². The van der Waals surface area contributed by atoms with Gasteiger partial charge in [-0.1, -0.05) is 11.8 Å². The molecule has 10 nitrogen and oxygen atoms in total. The van der Waals surface area contributed by atoms with Crippen molar-refractivity contribution in [2.45, 2.75) is 70.3 Å². The number of aromatic nitrogens is 3. The number of nitrogens with zero attached hydrogens (tertiary/aromatic N) is 4. The van der Waals surface area contributed by atoms with Crippen LogP contribution >= 0.6 is 11.8 Å². The second kappa shape index (κ2) is 11.9. The van der Waals surface area contributed by atoms with Crippen LogP contribution in [0, 0.1) is 0 Å². The summed E-state index contributed by atoms with van der Waals surface area (Å²) in [5, 5.41) is 11.8. The van der Waals surface area contributed by atoms with Crippen LogP contribution in [0.2, 0.25) is 0 Å². The van der Waals surface area contributed by atoms with Gasteiger partial charge in [0.1, 0.15) is 5.82 Å². The van der Waals surface area contributed by atoms with Gasteiger partial charge in [0, 0.05) is 32.0 Å². The Hall–Kier alpha value is -2.14. The number of likely N-dealkylation sites (N-methyl/N-ethyl adjacent to an activating group) is 1. The molecule has 2 heterocycles. The molecule has 1 unspecified atom stereocenters. The fraction of sp³-hybridized carbons (Fsp3) is 0.737. The van der Waals surface area contributed by atoms with Crippen LogP contribution in [-0.4, -0.2) is 75.0 Å². The molecule has 2 rings (SSSR count). The molecule has 168 valence electrons. The lowest BCUT2D eigenvalue weighted by molar-refractivity contribution is -0.134. The Kier molecular flexibility index (Phi) is 9.57. The number of primary amides is 1. The summed E-state index contributed by atoms with van der Waals surface area (Å²) < 4.78 is 7.64. The lowest BCUT2D eigenvalue weighted by Gasteiger charge is -2.21. The zero-order valence-electron chi connectivity index (χ0n) is 17.9. The SMILES string of the molecule is CCN(CC(=O)NC(C)C)C(=O)CSc1nnc(CCC(N)=O)n1CC1CCCO1. The number of aryl methyl sites for hydroxylation is 1. The quantitative estimate of drug-likeness (QED) is 0.448. The molecule has 0 spiro atoms. The maximum absolute atomic E-state index is 12.6. The Labute approximate surface area is 181 Å². The summed E-state index contributed by atoms with van der Waals surface area (Å²) >= 11 is 1.27. The minimum Gasteiger partial charge on any atom is -0.376 e. The fourth-order valence-corrected chi connectivity index (χ4v) is 4.03. The van der Waals surface area contributed by atoms with Crippen LogP contribution in [0.15, 0.2) is 5.16 Å². The number of nitrogens with one attached hydrogen (secondary N) is 1. The molecule has 1 aromatic heterocycles. The van der Waals surface area contributed by atoms with E-state index in [0.717, 1.165) is 19.4 Å². The number of carbonyl (C=O) groups excluding carboxylic acids is 3. The summed E-state index contributed by atoms with van der Waals surface area (Å²) in [7, 11) is 0. The Morgan fingerprint density at radius 3 is 2.73 bits per heavy atom. The number of carbonyl (C=O) groups is 3. The van der Waals surface area contributed by atoms with Gasteiger partial charge in [-0.25, -0.2) is 0 Å². The van der Waals surface area contributed by atoms with Crippen molar-refractivity contribution in [1.82, 2.24) is 25.0 Å². The van der Waals surface area contributed by atoms with E-state index in [1.54, 1.807) is 0 Å². The number of hydrogen-bond donors (Lipinski definition) is 2. The third-order valence-corrected chi connectivity index (χ3v) is 5.59. The third kappa shape index (κ3) is 7.60. The predicted octanol–water partition coefficient (Wildman–Crippen LogP) is 0.340. The van der Waals surface area contributed by atoms with Crippen LogP contribution in [0.5, 0.6) is 0 Å². The predicted molar refractivity (Wildman–Crippen MR) is 113 cm³/mol. The van der Waals surface area contributed by atoms with E-state index in [9.17, 15) is 14.4 Å². The van der Waals surface area contributed by atoms with E-state index in [4.69, 9.17) is 10.5 Å². The van der Waals surface area contributed by atoms with E-state index in [1.807, 2.05) is 25.3 Å². The highest BCUT2D eigenvalue weighted by atomic mass is 32.2. The summed E-state index contributed by atoms with van der Waals surface area (Å²) in [5.74, 6) is 0.0712. The van der Waals surface area contributed by atoms with E-state index in [2.05, 4.69) is 15.5 Å². The van der Waals surface area contributed by atoms with Crippen LogP contribution in [0.4, 0.5) is 0 Å². The summed E-state index contributed by atoms with van der Waals surface area (Å²) in [5.41, 5.74) is 5.27. The average Bonchev–Trinajstić information content (AvgIpc) is 3.32. The highest BCUT2D eigenvalue weighted by molar-refractivity contribution is 7.99. The van der Waals surface area contributed by atoms with Gasteiger partial charge in [0.2, 0.25) is 17.7 Å². The van der Waals surface area contributed by atoms with Crippen molar-refractivity contribution >= 4 is 29.5 Å². The van der Waals surface area contributed by atoms with Gasteiger partial charge < -0.3 is 25.3 Å². The molecule has 30 heavy (non-hydrogen) atoms. The van der Waals surface area contributed by atoms with Crippen LogP contribution in [-0.2, 0) is 32.1 Å². The van der Waals surface area contributed by atoms with E-state index in [1.165, 1.54) is 16.7 Å². The second-order valence-electron chi connectivity index (χ2n) is 7.53. The smallest absolute Gasteiger partial charge is 0.239 e. The first-order chi connectivity index (χ1) is 14.3. The molecule has 0 aromatic carbocycles. The largest absolute Gasteiger partial charge is 0.376 e. The first-order valence-electron chi connectivity index (χ1n) is 10.3. The molecular weight excluding hydrogens is 408 g/mol. The zero-order valence-corrected chi connectivity index (χ0v) is 18.7. The molecule has 1 fully saturated rings. The molecule has 0 aliphatic carbocycles. The van der Waals surface area contributed by atoms with Gasteiger partial charge in [-0.15, -0.1) is 10.2 Å². The topological polar surface area (TPSA) is 132 Å². The molecule has 1 aliphatic heterocycles. The first kappa shape index (κ1) is 24.1. The summed E-state index contributed by atoms with van der Waals surface area (Å²) in [6.45, 7) is 7.37. The number of rotatable bonds is 12. The van der Waals surface area contributed by atoms with Gasteiger partial charge in [0.25, 0.3) is 0 Å². The van der Waals surface area contributed by atoms with Gasteiger partial charge in [-0.05, 0) is 33.6 Å². The maximum Gasteiger partial charge on any atom is 0.239 e. The maximum atomic E-state index is 12.6. The van der Waals surface area contributed by atoms with Crippen molar-refractivity contribution in [3.05, 3.63) is 5.82 Å². The summed E-state index contributed by atoms with van der Waals surface area (Å²) in [6.07, 6.45) is 2.59. The lowest BCUT2D eigenvalue weighted by atomic mass is 10.2. The van der Waals surface area contributed by atoms with Crippen LogP contribution in [0.3, 0.4) is 0 Å². The normalized spacial score (nSPS) is 16.1. The summed E-state index contributed by atoms with van der Waals surface area (Å²) in [6, 6.07) is 0.0239. The zero-order chi connectivity index (χ0) is 22.1. The molecule has 1 atom stereocenters. The highest BCUT2D eigenvalue weighted by Gasteiger charge is 2.23. The van der Waals surface area contributed by atoms with Gasteiger partial charge in [0.05, 0.1) is 24.9 Å². The third-order valence-electron chi connectivity index (χ3n) is 4.64. The first-order valence-corrected chi connectivity index (χ1v) is 11.3. The molecule has 0 bridgehead atoms. The highest BCUT2D eigenvalue weighted by Crippen LogP contribution is 2.22. The fourth-order valence-electron chi connectivity index (χ4n) is 3.16. The van der Waals surface area contributed by atoms with Crippen LogP contribution < -0.4 is 11.1 Å². The molecule has 1 saturated heterocycles. The number of ether oxygens (including phenoxy) is 1. The van der Waals surface area contributed by atoms with Gasteiger partial charge >= 0.3 is 0 Å². The average molecular weight is 441 g/mol. The Balaban J connectivity index is 2.01. The van der Waals surface area contributed by atoms with Crippen molar-refractivity contribution in [2.24, 2.45) is 5.73 Å². The van der Waals surface area contributed by atoms with Crippen molar-refractivity contribution < 1.29 is 19.1 Å².